The number of hydrogen-bond acceptors (Lipinski definition) is 4. The number of carbonyl (C=O) groups excluding carboxylic acids is 1. The van der Waals surface area contributed by atoms with E-state index in [9.17, 15) is 22.4 Å². The molecule has 0 aliphatic carbocycles. The van der Waals surface area contributed by atoms with Gasteiger partial charge in [-0.05, 0) is 19.1 Å². The molecule has 0 radical (unpaired) electrons. The Bertz CT molecular complexity index is 1250. The van der Waals surface area contributed by atoms with E-state index in [1.165, 1.54) is 23.9 Å². The molecule has 3 aromatic heterocycles. The topological polar surface area (TPSA) is 64.7 Å². The number of alkyl halides is 3. The minimum atomic E-state index is -4.61. The fourth-order valence-electron chi connectivity index (χ4n) is 3.06. The molecular weight excluding hydrogens is 422 g/mol. The summed E-state index contributed by atoms with van der Waals surface area (Å²) < 4.78 is 55.9. The summed E-state index contributed by atoms with van der Waals surface area (Å²) in [4.78, 5) is 12.9. The van der Waals surface area contributed by atoms with Crippen molar-refractivity contribution in [3.8, 4) is 0 Å². The first kappa shape index (κ1) is 20.1. The number of aromatic nitrogens is 4. The molecule has 6 nitrogen and oxygen atoms in total. The Labute approximate surface area is 171 Å². The monoisotopic (exact) mass is 437 g/mol. The lowest BCUT2D eigenvalue weighted by Crippen LogP contribution is -2.12. The van der Waals surface area contributed by atoms with Crippen molar-refractivity contribution in [3.05, 3.63) is 64.0 Å². The molecule has 0 aliphatic rings. The van der Waals surface area contributed by atoms with Crippen molar-refractivity contribution in [3.63, 3.8) is 0 Å². The summed E-state index contributed by atoms with van der Waals surface area (Å²) in [5.74, 6) is -0.724. The van der Waals surface area contributed by atoms with Crippen molar-refractivity contribution >= 4 is 33.3 Å². The van der Waals surface area contributed by atoms with Crippen molar-refractivity contribution in [2.24, 2.45) is 7.05 Å². The maximum absolute atomic E-state index is 13.9. The van der Waals surface area contributed by atoms with E-state index in [0.717, 1.165) is 16.0 Å². The van der Waals surface area contributed by atoms with Crippen molar-refractivity contribution < 1.29 is 22.4 Å². The number of thiophene rings is 1. The molecule has 0 bridgehead atoms. The van der Waals surface area contributed by atoms with Crippen LogP contribution in [0.1, 0.15) is 26.6 Å². The highest BCUT2D eigenvalue weighted by atomic mass is 32.1. The van der Waals surface area contributed by atoms with Crippen molar-refractivity contribution in [2.45, 2.75) is 19.6 Å². The second kappa shape index (κ2) is 7.24. The van der Waals surface area contributed by atoms with Crippen LogP contribution >= 0.6 is 11.3 Å². The number of benzene rings is 1. The fourth-order valence-corrected chi connectivity index (χ4v) is 4.03. The largest absolute Gasteiger partial charge is 0.435 e. The predicted octanol–water partition coefficient (Wildman–Crippen LogP) is 4.60. The van der Waals surface area contributed by atoms with E-state index in [-0.39, 0.29) is 33.3 Å². The molecule has 30 heavy (non-hydrogen) atoms. The average molecular weight is 437 g/mol. The molecule has 0 spiro atoms. The fraction of sp³-hybridized carbons (Fsp3) is 0.211. The van der Waals surface area contributed by atoms with Gasteiger partial charge >= 0.3 is 6.18 Å². The van der Waals surface area contributed by atoms with Gasteiger partial charge in [0.25, 0.3) is 5.91 Å². The molecule has 1 amide bonds. The molecule has 0 saturated heterocycles. The molecule has 11 heteroatoms. The molecular formula is C19H15F4N5OS. The van der Waals surface area contributed by atoms with Crippen LogP contribution < -0.4 is 5.32 Å². The highest BCUT2D eigenvalue weighted by Gasteiger charge is 2.37. The molecule has 0 fully saturated rings. The zero-order chi connectivity index (χ0) is 21.6. The van der Waals surface area contributed by atoms with Gasteiger partial charge in [0.05, 0.1) is 11.4 Å². The van der Waals surface area contributed by atoms with Gasteiger partial charge in [-0.2, -0.15) is 23.4 Å². The third kappa shape index (κ3) is 3.67. The van der Waals surface area contributed by atoms with Gasteiger partial charge in [0, 0.05) is 29.8 Å². The van der Waals surface area contributed by atoms with Crippen LogP contribution in [0.25, 0.3) is 10.2 Å². The van der Waals surface area contributed by atoms with E-state index in [4.69, 9.17) is 0 Å². The highest BCUT2D eigenvalue weighted by Crippen LogP contribution is 2.37. The Kier molecular flexibility index (Phi) is 4.85. The molecule has 0 aliphatic heterocycles. The normalized spacial score (nSPS) is 11.9. The van der Waals surface area contributed by atoms with Crippen LogP contribution in [0.3, 0.4) is 0 Å². The summed E-state index contributed by atoms with van der Waals surface area (Å²) in [6.45, 7) is 1.93. The van der Waals surface area contributed by atoms with Gasteiger partial charge in [-0.1, -0.05) is 18.2 Å². The van der Waals surface area contributed by atoms with E-state index in [1.807, 2.05) is 0 Å². The number of rotatable bonds is 4. The Morgan fingerprint density at radius 3 is 2.63 bits per heavy atom. The molecule has 4 aromatic rings. The first-order valence-electron chi connectivity index (χ1n) is 8.76. The smallest absolute Gasteiger partial charge is 0.304 e. The Morgan fingerprint density at radius 2 is 1.93 bits per heavy atom. The average Bonchev–Trinajstić information content (AvgIpc) is 3.32. The van der Waals surface area contributed by atoms with E-state index >= 15 is 0 Å². The van der Waals surface area contributed by atoms with E-state index in [1.54, 1.807) is 31.2 Å². The maximum atomic E-state index is 13.9. The van der Waals surface area contributed by atoms with Gasteiger partial charge in [-0.15, -0.1) is 11.3 Å². The van der Waals surface area contributed by atoms with Crippen molar-refractivity contribution in [1.29, 1.82) is 0 Å². The molecule has 156 valence electrons. The molecule has 0 saturated carbocycles. The second-order valence-corrected chi connectivity index (χ2v) is 7.70. The van der Waals surface area contributed by atoms with E-state index < -0.39 is 17.8 Å². The lowest BCUT2D eigenvalue weighted by molar-refractivity contribution is -0.140. The molecule has 0 unspecified atom stereocenters. The molecule has 4 rings (SSSR count). The van der Waals surface area contributed by atoms with Crippen LogP contribution in [-0.4, -0.2) is 25.5 Å². The van der Waals surface area contributed by atoms with Crippen LogP contribution in [0.15, 0.2) is 36.4 Å². The van der Waals surface area contributed by atoms with Gasteiger partial charge in [-0.25, -0.2) is 4.39 Å². The second-order valence-electron chi connectivity index (χ2n) is 6.67. The van der Waals surface area contributed by atoms with Crippen molar-refractivity contribution in [1.82, 2.24) is 19.6 Å². The van der Waals surface area contributed by atoms with Gasteiger partial charge in [0.2, 0.25) is 0 Å². The first-order valence-corrected chi connectivity index (χ1v) is 9.58. The van der Waals surface area contributed by atoms with E-state index in [0.29, 0.717) is 11.3 Å². The third-order valence-corrected chi connectivity index (χ3v) is 5.71. The van der Waals surface area contributed by atoms with Crippen LogP contribution in [0.2, 0.25) is 0 Å². The predicted molar refractivity (Wildman–Crippen MR) is 104 cm³/mol. The summed E-state index contributed by atoms with van der Waals surface area (Å²) in [6.07, 6.45) is -4.61. The lowest BCUT2D eigenvalue weighted by atomic mass is 10.2. The Balaban J connectivity index is 1.57. The van der Waals surface area contributed by atoms with E-state index in [2.05, 4.69) is 15.5 Å². The number of aryl methyl sites for hydroxylation is 2. The number of nitrogens with zero attached hydrogens (tertiary/aromatic N) is 4. The van der Waals surface area contributed by atoms with Crippen LogP contribution in [0.5, 0.6) is 0 Å². The molecule has 1 N–H and O–H groups in total. The van der Waals surface area contributed by atoms with Crippen molar-refractivity contribution in [2.75, 3.05) is 5.32 Å². The maximum Gasteiger partial charge on any atom is 0.435 e. The highest BCUT2D eigenvalue weighted by molar-refractivity contribution is 7.20. The number of halogens is 4. The summed E-state index contributed by atoms with van der Waals surface area (Å²) in [7, 11) is 1.39. The SMILES string of the molecule is Cc1cc(NC(=O)c2cc3c(C(F)(F)F)nn(C)c3s2)nn1Cc1ccccc1F. The molecule has 1 aromatic carbocycles. The number of hydrogen-bond donors (Lipinski definition) is 1. The standard InChI is InChI=1S/C19H15F4N5OS/c1-10-7-15(25-28(10)9-11-5-3-4-6-13(11)20)24-17(29)14-8-12-16(19(21,22)23)26-27(2)18(12)30-14/h3-8H,9H2,1-2H3,(H,24,25,29). The number of anilines is 1. The quantitative estimate of drug-likeness (QED) is 0.475. The molecule has 0 atom stereocenters. The summed E-state index contributed by atoms with van der Waals surface area (Å²) >= 11 is 0.908. The number of nitrogens with one attached hydrogen (secondary N) is 1. The number of amides is 1. The van der Waals surface area contributed by atoms with Gasteiger partial charge in [0.1, 0.15) is 10.6 Å². The summed E-state index contributed by atoms with van der Waals surface area (Å²) in [6, 6.07) is 9.07. The van der Waals surface area contributed by atoms with Crippen LogP contribution in [0, 0.1) is 12.7 Å². The van der Waals surface area contributed by atoms with Gasteiger partial charge < -0.3 is 5.32 Å². The van der Waals surface area contributed by atoms with Gasteiger partial charge in [-0.3, -0.25) is 14.2 Å². The minimum absolute atomic E-state index is 0.102. The first-order chi connectivity index (χ1) is 14.1. The minimum Gasteiger partial charge on any atom is -0.304 e. The zero-order valence-electron chi connectivity index (χ0n) is 15.8. The number of carbonyl (C=O) groups is 1. The Hall–Kier alpha value is -3.21. The van der Waals surface area contributed by atoms with Crippen LogP contribution in [-0.2, 0) is 19.8 Å². The lowest BCUT2D eigenvalue weighted by Gasteiger charge is -2.05. The van der Waals surface area contributed by atoms with Gasteiger partial charge in [0.15, 0.2) is 11.5 Å². The molecule has 3 heterocycles. The zero-order valence-corrected chi connectivity index (χ0v) is 16.6. The van der Waals surface area contributed by atoms with Crippen LogP contribution in [0.4, 0.5) is 23.4 Å². The summed E-state index contributed by atoms with van der Waals surface area (Å²) in [5, 5.41) is 10.2. The number of fused-ring (bicyclic) bond motifs is 1. The third-order valence-electron chi connectivity index (χ3n) is 4.50. The summed E-state index contributed by atoms with van der Waals surface area (Å²) in [5.41, 5.74) is 0.104. The Morgan fingerprint density at radius 1 is 1.20 bits per heavy atom.